The van der Waals surface area contributed by atoms with Crippen LogP contribution in [0.15, 0.2) is 65.7 Å². The number of nitrogens with one attached hydrogen (secondary N) is 1. The summed E-state index contributed by atoms with van der Waals surface area (Å²) in [6.45, 7) is 6.17. The summed E-state index contributed by atoms with van der Waals surface area (Å²) in [6, 6.07) is 17.6. The molecule has 0 saturated carbocycles. The second-order valence-electron chi connectivity index (χ2n) is 8.66. The molecule has 3 heterocycles. The number of rotatable bonds is 5. The summed E-state index contributed by atoms with van der Waals surface area (Å²) in [5.41, 5.74) is 5.50. The molecule has 0 spiro atoms. The maximum absolute atomic E-state index is 13.5. The highest BCUT2D eigenvalue weighted by Gasteiger charge is 2.40. The van der Waals surface area contributed by atoms with Crippen molar-refractivity contribution in [2.24, 2.45) is 0 Å². The van der Waals surface area contributed by atoms with E-state index in [1.54, 1.807) is 0 Å². The van der Waals surface area contributed by atoms with Gasteiger partial charge >= 0.3 is 0 Å². The molecule has 0 aliphatic carbocycles. The van der Waals surface area contributed by atoms with Gasteiger partial charge in [-0.3, -0.25) is 9.59 Å². The minimum absolute atomic E-state index is 0.293. The summed E-state index contributed by atoms with van der Waals surface area (Å²) in [5, 5.41) is 5.19. The number of benzene rings is 2. The van der Waals surface area contributed by atoms with E-state index in [0.29, 0.717) is 17.0 Å². The largest absolute Gasteiger partial charge is 0.372 e. The first kappa shape index (κ1) is 21.5. The van der Waals surface area contributed by atoms with E-state index in [9.17, 15) is 9.59 Å². The van der Waals surface area contributed by atoms with E-state index < -0.39 is 0 Å². The fourth-order valence-corrected chi connectivity index (χ4v) is 5.21. The third-order valence-corrected chi connectivity index (χ3v) is 7.35. The first-order chi connectivity index (χ1) is 16.0. The number of carbonyl (C=O) groups excluding carboxylic acids is 2. The Morgan fingerprint density at radius 1 is 0.818 bits per heavy atom. The van der Waals surface area contributed by atoms with Gasteiger partial charge in [-0.25, -0.2) is 4.90 Å². The average molecular weight is 458 g/mol. The van der Waals surface area contributed by atoms with Gasteiger partial charge in [0.05, 0.1) is 11.3 Å². The molecule has 0 atom stereocenters. The van der Waals surface area contributed by atoms with Crippen molar-refractivity contribution in [1.29, 1.82) is 0 Å². The van der Waals surface area contributed by atoms with Gasteiger partial charge in [0.15, 0.2) is 0 Å². The van der Waals surface area contributed by atoms with Gasteiger partial charge < -0.3 is 10.2 Å². The van der Waals surface area contributed by atoms with Crippen LogP contribution in [-0.2, 0) is 9.59 Å². The first-order valence-electron chi connectivity index (χ1n) is 11.4. The van der Waals surface area contributed by atoms with Crippen molar-refractivity contribution in [3.05, 3.63) is 81.7 Å². The summed E-state index contributed by atoms with van der Waals surface area (Å²) in [6.07, 6.45) is 3.74. The monoisotopic (exact) mass is 457 g/mol. The number of anilines is 3. The molecule has 2 amide bonds. The molecule has 5 nitrogen and oxygen atoms in total. The van der Waals surface area contributed by atoms with E-state index in [-0.39, 0.29) is 11.8 Å². The highest BCUT2D eigenvalue weighted by atomic mass is 32.1. The lowest BCUT2D eigenvalue weighted by Gasteiger charge is -2.28. The van der Waals surface area contributed by atoms with Crippen molar-refractivity contribution in [3.63, 3.8) is 0 Å². The van der Waals surface area contributed by atoms with Crippen LogP contribution in [0.1, 0.15) is 35.3 Å². The summed E-state index contributed by atoms with van der Waals surface area (Å²) >= 11 is 1.46. The van der Waals surface area contributed by atoms with Crippen molar-refractivity contribution in [3.8, 4) is 0 Å². The summed E-state index contributed by atoms with van der Waals surface area (Å²) in [5.74, 6) is -0.620. The minimum atomic E-state index is -0.327. The van der Waals surface area contributed by atoms with Gasteiger partial charge in [-0.2, -0.15) is 0 Å². The summed E-state index contributed by atoms with van der Waals surface area (Å²) in [7, 11) is 0. The molecule has 6 heteroatoms. The second kappa shape index (κ2) is 8.87. The predicted molar refractivity (Wildman–Crippen MR) is 136 cm³/mol. The molecular formula is C27H27N3O2S. The van der Waals surface area contributed by atoms with E-state index in [1.807, 2.05) is 61.7 Å². The summed E-state index contributed by atoms with van der Waals surface area (Å²) < 4.78 is 0. The lowest BCUT2D eigenvalue weighted by molar-refractivity contribution is -0.120. The number of nitrogens with zero attached hydrogens (tertiary/aromatic N) is 2. The third kappa shape index (κ3) is 4.07. The topological polar surface area (TPSA) is 52.7 Å². The van der Waals surface area contributed by atoms with Crippen LogP contribution in [0.5, 0.6) is 0 Å². The molecule has 2 aliphatic heterocycles. The van der Waals surface area contributed by atoms with Gasteiger partial charge in [-0.15, -0.1) is 11.3 Å². The summed E-state index contributed by atoms with van der Waals surface area (Å²) in [4.78, 5) is 31.5. The van der Waals surface area contributed by atoms with Gasteiger partial charge in [0.2, 0.25) is 0 Å². The molecule has 1 fully saturated rings. The zero-order chi connectivity index (χ0) is 22.9. The fraction of sp³-hybridized carbons (Fsp3) is 0.259. The Kier molecular flexibility index (Phi) is 5.77. The molecule has 1 aromatic heterocycles. The molecule has 2 aromatic carbocycles. The second-order valence-corrected chi connectivity index (χ2v) is 9.61. The van der Waals surface area contributed by atoms with Crippen LogP contribution < -0.4 is 15.1 Å². The minimum Gasteiger partial charge on any atom is -0.372 e. The molecule has 168 valence electrons. The Hall–Kier alpha value is -3.38. The van der Waals surface area contributed by atoms with Crippen molar-refractivity contribution < 1.29 is 9.59 Å². The smallest absolute Gasteiger partial charge is 0.282 e. The zero-order valence-corrected chi connectivity index (χ0v) is 19.7. The van der Waals surface area contributed by atoms with Crippen LogP contribution in [0.4, 0.5) is 17.1 Å². The lowest BCUT2D eigenvalue weighted by atomic mass is 10.1. The van der Waals surface area contributed by atoms with Crippen LogP contribution >= 0.6 is 11.3 Å². The maximum atomic E-state index is 13.5. The van der Waals surface area contributed by atoms with Gasteiger partial charge in [0.1, 0.15) is 5.70 Å². The molecule has 0 radical (unpaired) electrons. The Bertz CT molecular complexity index is 1220. The van der Waals surface area contributed by atoms with Crippen LogP contribution in [0.3, 0.4) is 0 Å². The molecule has 33 heavy (non-hydrogen) atoms. The standard InChI is InChI=1S/C27H27N3O2S/c1-18-8-11-22(17-19(18)2)30-26(31)24(23-7-6-16-33-23)25(27(30)32)28-20-9-12-21(13-10-20)29-14-4-3-5-15-29/h6-13,16-17,28H,3-5,14-15H2,1-2H3. The quantitative estimate of drug-likeness (QED) is 0.496. The number of amides is 2. The zero-order valence-electron chi connectivity index (χ0n) is 18.9. The Morgan fingerprint density at radius 3 is 2.21 bits per heavy atom. The van der Waals surface area contributed by atoms with E-state index in [0.717, 1.165) is 34.8 Å². The number of piperidine rings is 1. The Balaban J connectivity index is 1.47. The van der Waals surface area contributed by atoms with Crippen LogP contribution in [0.2, 0.25) is 0 Å². The molecule has 0 unspecified atom stereocenters. The first-order valence-corrected chi connectivity index (χ1v) is 12.3. The Labute approximate surface area is 198 Å². The van der Waals surface area contributed by atoms with Crippen molar-refractivity contribution in [1.82, 2.24) is 0 Å². The maximum Gasteiger partial charge on any atom is 0.282 e. The number of imide groups is 1. The van der Waals surface area contributed by atoms with E-state index in [2.05, 4.69) is 22.3 Å². The van der Waals surface area contributed by atoms with Crippen LogP contribution in [0, 0.1) is 13.8 Å². The number of hydrogen-bond acceptors (Lipinski definition) is 5. The third-order valence-electron chi connectivity index (χ3n) is 6.46. The molecular weight excluding hydrogens is 430 g/mol. The molecule has 0 bridgehead atoms. The average Bonchev–Trinajstić information content (AvgIpc) is 3.44. The number of hydrogen-bond donors (Lipinski definition) is 1. The van der Waals surface area contributed by atoms with Crippen LogP contribution in [-0.4, -0.2) is 24.9 Å². The molecule has 1 N–H and O–H groups in total. The number of aryl methyl sites for hydroxylation is 2. The molecule has 1 saturated heterocycles. The lowest BCUT2D eigenvalue weighted by Crippen LogP contribution is -2.32. The fourth-order valence-electron chi connectivity index (χ4n) is 4.45. The van der Waals surface area contributed by atoms with E-state index >= 15 is 0 Å². The van der Waals surface area contributed by atoms with Gasteiger partial charge in [-0.1, -0.05) is 12.1 Å². The number of carbonyl (C=O) groups is 2. The van der Waals surface area contributed by atoms with Gasteiger partial charge in [0.25, 0.3) is 11.8 Å². The highest BCUT2D eigenvalue weighted by Crippen LogP contribution is 2.36. The SMILES string of the molecule is Cc1ccc(N2C(=O)C(Nc3ccc(N4CCCCC4)cc3)=C(c3cccs3)C2=O)cc1C. The van der Waals surface area contributed by atoms with Crippen molar-refractivity contribution in [2.45, 2.75) is 33.1 Å². The predicted octanol–water partition coefficient (Wildman–Crippen LogP) is 5.75. The van der Waals surface area contributed by atoms with Crippen molar-refractivity contribution >= 4 is 45.8 Å². The van der Waals surface area contributed by atoms with Gasteiger partial charge in [-0.05, 0) is 92.1 Å². The highest BCUT2D eigenvalue weighted by molar-refractivity contribution is 7.11. The molecule has 2 aliphatic rings. The molecule has 3 aromatic rings. The van der Waals surface area contributed by atoms with E-state index in [1.165, 1.54) is 41.2 Å². The number of thiophene rings is 1. The normalized spacial score (nSPS) is 16.7. The van der Waals surface area contributed by atoms with E-state index in [4.69, 9.17) is 0 Å². The van der Waals surface area contributed by atoms with Crippen molar-refractivity contribution in [2.75, 3.05) is 28.2 Å². The van der Waals surface area contributed by atoms with Crippen LogP contribution in [0.25, 0.3) is 5.57 Å². The Morgan fingerprint density at radius 2 is 1.55 bits per heavy atom. The molecule has 5 rings (SSSR count). The van der Waals surface area contributed by atoms with Gasteiger partial charge in [0, 0.05) is 29.3 Å².